The monoisotopic (exact) mass is 260 g/mol. The van der Waals surface area contributed by atoms with Gasteiger partial charge in [-0.25, -0.2) is 0 Å². The zero-order valence-electron chi connectivity index (χ0n) is 10.8. The van der Waals surface area contributed by atoms with Gasteiger partial charge in [0.05, 0.1) is 6.61 Å². The summed E-state index contributed by atoms with van der Waals surface area (Å²) in [5.41, 5.74) is 5.13. The Kier molecular flexibility index (Phi) is 6.30. The maximum absolute atomic E-state index is 11.8. The van der Waals surface area contributed by atoms with Gasteiger partial charge in [0.2, 0.25) is 5.91 Å². The summed E-state index contributed by atoms with van der Waals surface area (Å²) in [5.74, 6) is 1.91. The third-order valence-electron chi connectivity index (χ3n) is 3.17. The van der Waals surface area contributed by atoms with Crippen molar-refractivity contribution in [1.82, 2.24) is 5.32 Å². The first kappa shape index (κ1) is 14.8. The van der Waals surface area contributed by atoms with Gasteiger partial charge in [-0.3, -0.25) is 4.79 Å². The number of nitrogens with two attached hydrogens (primary N) is 1. The molecular weight excluding hydrogens is 236 g/mol. The third kappa shape index (κ3) is 4.16. The number of primary amides is 1. The number of methoxy groups -OCH3 is 1. The highest BCUT2D eigenvalue weighted by molar-refractivity contribution is 7.99. The Hall–Kier alpha value is -0.260. The van der Waals surface area contributed by atoms with Crippen LogP contribution in [-0.2, 0) is 9.53 Å². The standard InChI is InChI=1S/C12H24N2O2S/c1-3-6-14-12(11(13)15,10-4-5-10)9-17-8-7-16-2/h10,14H,3-9H2,1-2H3,(H2,13,15). The average molecular weight is 260 g/mol. The molecule has 17 heavy (non-hydrogen) atoms. The first-order valence-corrected chi connectivity index (χ1v) is 7.44. The molecule has 0 aromatic heterocycles. The van der Waals surface area contributed by atoms with Crippen LogP contribution in [0, 0.1) is 5.92 Å². The summed E-state index contributed by atoms with van der Waals surface area (Å²) in [4.78, 5) is 11.8. The van der Waals surface area contributed by atoms with Crippen molar-refractivity contribution in [2.75, 3.05) is 31.8 Å². The van der Waals surface area contributed by atoms with Crippen LogP contribution in [0.25, 0.3) is 0 Å². The molecule has 0 saturated heterocycles. The Labute approximate surface area is 108 Å². The Morgan fingerprint density at radius 1 is 1.59 bits per heavy atom. The van der Waals surface area contributed by atoms with Crippen LogP contribution < -0.4 is 11.1 Å². The largest absolute Gasteiger partial charge is 0.384 e. The highest BCUT2D eigenvalue weighted by atomic mass is 32.2. The van der Waals surface area contributed by atoms with Gasteiger partial charge in [0.1, 0.15) is 5.54 Å². The number of carbonyl (C=O) groups is 1. The van der Waals surface area contributed by atoms with E-state index in [0.29, 0.717) is 5.92 Å². The summed E-state index contributed by atoms with van der Waals surface area (Å²) in [5, 5.41) is 3.39. The quantitative estimate of drug-likeness (QED) is 0.575. The third-order valence-corrected chi connectivity index (χ3v) is 4.28. The topological polar surface area (TPSA) is 64.3 Å². The van der Waals surface area contributed by atoms with E-state index in [2.05, 4.69) is 12.2 Å². The maximum Gasteiger partial charge on any atom is 0.238 e. The summed E-state index contributed by atoms with van der Waals surface area (Å²) in [6.45, 7) is 3.67. The molecule has 1 amide bonds. The first-order valence-electron chi connectivity index (χ1n) is 6.29. The zero-order valence-corrected chi connectivity index (χ0v) is 11.6. The Balaban J connectivity index is 2.52. The molecule has 1 fully saturated rings. The van der Waals surface area contributed by atoms with Crippen molar-refractivity contribution in [2.24, 2.45) is 11.7 Å². The van der Waals surface area contributed by atoms with E-state index in [1.165, 1.54) is 0 Å². The van der Waals surface area contributed by atoms with Crippen LogP contribution in [0.4, 0.5) is 0 Å². The Morgan fingerprint density at radius 3 is 2.76 bits per heavy atom. The number of rotatable bonds is 10. The lowest BCUT2D eigenvalue weighted by Gasteiger charge is -2.31. The molecule has 1 saturated carbocycles. The fourth-order valence-electron chi connectivity index (χ4n) is 1.97. The highest BCUT2D eigenvalue weighted by Gasteiger charge is 2.49. The van der Waals surface area contributed by atoms with Crippen LogP contribution in [0.1, 0.15) is 26.2 Å². The minimum Gasteiger partial charge on any atom is -0.384 e. The number of nitrogens with one attached hydrogen (secondary N) is 1. The van der Waals surface area contributed by atoms with Crippen molar-refractivity contribution in [1.29, 1.82) is 0 Å². The second kappa shape index (κ2) is 7.24. The van der Waals surface area contributed by atoms with Gasteiger partial charge in [-0.05, 0) is 31.7 Å². The molecule has 100 valence electrons. The van der Waals surface area contributed by atoms with Crippen molar-refractivity contribution >= 4 is 17.7 Å². The van der Waals surface area contributed by atoms with E-state index >= 15 is 0 Å². The van der Waals surface area contributed by atoms with E-state index in [4.69, 9.17) is 10.5 Å². The maximum atomic E-state index is 11.8. The van der Waals surface area contributed by atoms with Crippen molar-refractivity contribution < 1.29 is 9.53 Å². The summed E-state index contributed by atoms with van der Waals surface area (Å²) in [7, 11) is 1.69. The highest BCUT2D eigenvalue weighted by Crippen LogP contribution is 2.41. The van der Waals surface area contributed by atoms with E-state index in [9.17, 15) is 4.79 Å². The van der Waals surface area contributed by atoms with Gasteiger partial charge in [0, 0.05) is 18.6 Å². The van der Waals surface area contributed by atoms with Crippen LogP contribution in [0.2, 0.25) is 0 Å². The number of thioether (sulfide) groups is 1. The van der Waals surface area contributed by atoms with E-state index < -0.39 is 5.54 Å². The molecule has 0 heterocycles. The van der Waals surface area contributed by atoms with Crippen LogP contribution in [0.5, 0.6) is 0 Å². The summed E-state index contributed by atoms with van der Waals surface area (Å²) < 4.78 is 5.02. The first-order chi connectivity index (χ1) is 8.17. The number of hydrogen-bond donors (Lipinski definition) is 2. The van der Waals surface area contributed by atoms with E-state index in [-0.39, 0.29) is 5.91 Å². The molecular formula is C12H24N2O2S. The van der Waals surface area contributed by atoms with Crippen molar-refractivity contribution in [3.05, 3.63) is 0 Å². The fraction of sp³-hybridized carbons (Fsp3) is 0.917. The lowest BCUT2D eigenvalue weighted by Crippen LogP contribution is -2.59. The number of ether oxygens (including phenoxy) is 1. The minimum absolute atomic E-state index is 0.196. The van der Waals surface area contributed by atoms with E-state index in [1.54, 1.807) is 18.9 Å². The van der Waals surface area contributed by atoms with Crippen molar-refractivity contribution in [3.8, 4) is 0 Å². The molecule has 1 aliphatic rings. The number of amides is 1. The van der Waals surface area contributed by atoms with E-state index in [1.807, 2.05) is 0 Å². The fourth-order valence-corrected chi connectivity index (χ4v) is 3.20. The molecule has 0 bridgehead atoms. The molecule has 0 spiro atoms. The second-order valence-corrected chi connectivity index (χ2v) is 5.69. The van der Waals surface area contributed by atoms with Gasteiger partial charge in [-0.1, -0.05) is 6.92 Å². The molecule has 5 heteroatoms. The normalized spacial score (nSPS) is 18.9. The van der Waals surface area contributed by atoms with Crippen LogP contribution in [0.3, 0.4) is 0 Å². The molecule has 1 atom stereocenters. The molecule has 1 unspecified atom stereocenters. The summed E-state index contributed by atoms with van der Waals surface area (Å²) in [6.07, 6.45) is 3.25. The zero-order chi connectivity index (χ0) is 12.7. The lowest BCUT2D eigenvalue weighted by atomic mass is 9.94. The second-order valence-electron chi connectivity index (χ2n) is 4.58. The molecule has 4 nitrogen and oxygen atoms in total. The van der Waals surface area contributed by atoms with Crippen LogP contribution in [0.15, 0.2) is 0 Å². The molecule has 1 aliphatic carbocycles. The Morgan fingerprint density at radius 2 is 2.29 bits per heavy atom. The molecule has 0 radical (unpaired) electrons. The van der Waals surface area contributed by atoms with Crippen molar-refractivity contribution in [2.45, 2.75) is 31.7 Å². The van der Waals surface area contributed by atoms with Gasteiger partial charge < -0.3 is 15.8 Å². The molecule has 0 aliphatic heterocycles. The van der Waals surface area contributed by atoms with E-state index in [0.717, 1.165) is 43.9 Å². The number of carbonyl (C=O) groups excluding carboxylic acids is 1. The predicted molar refractivity (Wildman–Crippen MR) is 72.1 cm³/mol. The minimum atomic E-state index is -0.492. The van der Waals surface area contributed by atoms with Gasteiger partial charge in [-0.15, -0.1) is 0 Å². The van der Waals surface area contributed by atoms with Gasteiger partial charge >= 0.3 is 0 Å². The summed E-state index contributed by atoms with van der Waals surface area (Å²) >= 11 is 1.74. The molecule has 1 rings (SSSR count). The van der Waals surface area contributed by atoms with Crippen LogP contribution in [-0.4, -0.2) is 43.2 Å². The average Bonchev–Trinajstić information content (AvgIpc) is 3.12. The lowest BCUT2D eigenvalue weighted by molar-refractivity contribution is -0.124. The molecule has 3 N–H and O–H groups in total. The predicted octanol–water partition coefficient (Wildman–Crippen LogP) is 1.000. The van der Waals surface area contributed by atoms with Gasteiger partial charge in [0.25, 0.3) is 0 Å². The molecule has 0 aromatic carbocycles. The van der Waals surface area contributed by atoms with Gasteiger partial charge in [-0.2, -0.15) is 11.8 Å². The Bertz CT molecular complexity index is 247. The smallest absolute Gasteiger partial charge is 0.238 e. The van der Waals surface area contributed by atoms with Crippen molar-refractivity contribution in [3.63, 3.8) is 0 Å². The summed E-state index contributed by atoms with van der Waals surface area (Å²) in [6, 6.07) is 0. The van der Waals surface area contributed by atoms with Crippen LogP contribution >= 0.6 is 11.8 Å². The number of hydrogen-bond acceptors (Lipinski definition) is 4. The molecule has 0 aromatic rings. The SMILES string of the molecule is CCCNC(CSCCOC)(C(N)=O)C1CC1. The van der Waals surface area contributed by atoms with Gasteiger partial charge in [0.15, 0.2) is 0 Å².